The fraction of sp³-hybridized carbons (Fsp3) is 0.286. The number of benzene rings is 2. The van der Waals surface area contributed by atoms with E-state index in [1.165, 1.54) is 17.7 Å². The van der Waals surface area contributed by atoms with Crippen molar-refractivity contribution in [1.29, 1.82) is 0 Å². The van der Waals surface area contributed by atoms with Gasteiger partial charge in [-0.3, -0.25) is 4.79 Å². The number of carbonyl (C=O) groups excluding carboxylic acids is 1. The Morgan fingerprint density at radius 1 is 1.19 bits per heavy atom. The maximum atomic E-state index is 13.3. The van der Waals surface area contributed by atoms with E-state index >= 15 is 0 Å². The normalized spacial score (nSPS) is 20.0. The highest BCUT2D eigenvalue weighted by Gasteiger charge is 2.35. The Morgan fingerprint density at radius 3 is 2.77 bits per heavy atom. The summed E-state index contributed by atoms with van der Waals surface area (Å²) in [6, 6.07) is 14.6. The monoisotopic (exact) mass is 352 g/mol. The van der Waals surface area contributed by atoms with Crippen molar-refractivity contribution < 1.29 is 13.6 Å². The van der Waals surface area contributed by atoms with Crippen LogP contribution in [-0.2, 0) is 11.2 Å². The fourth-order valence-electron chi connectivity index (χ4n) is 3.86. The van der Waals surface area contributed by atoms with E-state index in [2.05, 4.69) is 12.1 Å². The molecule has 1 fully saturated rings. The lowest BCUT2D eigenvalue weighted by Crippen LogP contribution is -2.31. The highest BCUT2D eigenvalue weighted by Crippen LogP contribution is 2.32. The van der Waals surface area contributed by atoms with Gasteiger partial charge in [0.05, 0.1) is 12.7 Å². The molecule has 0 bridgehead atoms. The number of nitrogens with two attached hydrogens (primary N) is 1. The summed E-state index contributed by atoms with van der Waals surface area (Å²) in [4.78, 5) is 14.7. The maximum absolute atomic E-state index is 13.3. The van der Waals surface area contributed by atoms with Crippen LogP contribution in [0.1, 0.15) is 17.0 Å². The van der Waals surface area contributed by atoms with Gasteiger partial charge in [0.2, 0.25) is 5.91 Å². The third-order valence-corrected chi connectivity index (χ3v) is 5.28. The van der Waals surface area contributed by atoms with Gasteiger partial charge in [0.15, 0.2) is 0 Å². The van der Waals surface area contributed by atoms with Gasteiger partial charge in [-0.1, -0.05) is 30.3 Å². The Kier molecular flexibility index (Phi) is 4.47. The Labute approximate surface area is 151 Å². The Bertz CT molecular complexity index is 922. The second-order valence-electron chi connectivity index (χ2n) is 6.89. The average molecular weight is 352 g/mol. The first kappa shape index (κ1) is 16.8. The second kappa shape index (κ2) is 6.92. The number of carbonyl (C=O) groups is 1. The summed E-state index contributed by atoms with van der Waals surface area (Å²) in [7, 11) is 0. The van der Waals surface area contributed by atoms with Crippen LogP contribution in [0, 0.1) is 11.7 Å². The Morgan fingerprint density at radius 2 is 2.00 bits per heavy atom. The van der Waals surface area contributed by atoms with Gasteiger partial charge < -0.3 is 15.1 Å². The molecular formula is C21H21FN2O2. The number of rotatable bonds is 4. The molecule has 0 radical (unpaired) electrons. The number of hydrogen-bond acceptors (Lipinski definition) is 3. The van der Waals surface area contributed by atoms with Crippen molar-refractivity contribution in [1.82, 2.24) is 4.90 Å². The number of furan rings is 1. The molecule has 0 saturated carbocycles. The molecule has 1 aliphatic heterocycles. The Hall–Kier alpha value is -2.66. The van der Waals surface area contributed by atoms with Gasteiger partial charge in [-0.05, 0) is 30.2 Å². The minimum Gasteiger partial charge on any atom is -0.464 e. The zero-order valence-corrected chi connectivity index (χ0v) is 14.4. The predicted molar refractivity (Wildman–Crippen MR) is 98.2 cm³/mol. The zero-order valence-electron chi connectivity index (χ0n) is 14.4. The molecule has 0 aliphatic carbocycles. The first-order chi connectivity index (χ1) is 12.7. The molecule has 2 heterocycles. The molecule has 0 unspecified atom stereocenters. The molecule has 1 saturated heterocycles. The standard InChI is InChI=1S/C21H21FN2O2/c22-17-6-7-18-15(13-26-20(18)9-17)8-21(25)24-11-16(10-23)19(12-24)14-4-2-1-3-5-14/h1-7,9,13,16,19H,8,10-12,23H2/t16-,19+/m1/s1. The average Bonchev–Trinajstić information content (AvgIpc) is 3.26. The quantitative estimate of drug-likeness (QED) is 0.784. The topological polar surface area (TPSA) is 59.5 Å². The summed E-state index contributed by atoms with van der Waals surface area (Å²) < 4.78 is 18.7. The highest BCUT2D eigenvalue weighted by atomic mass is 19.1. The van der Waals surface area contributed by atoms with Gasteiger partial charge in [-0.15, -0.1) is 0 Å². The van der Waals surface area contributed by atoms with E-state index in [0.717, 1.165) is 10.9 Å². The molecule has 0 spiro atoms. The van der Waals surface area contributed by atoms with Gasteiger partial charge in [-0.25, -0.2) is 4.39 Å². The van der Waals surface area contributed by atoms with Crippen molar-refractivity contribution in [3.05, 3.63) is 71.7 Å². The summed E-state index contributed by atoms with van der Waals surface area (Å²) >= 11 is 0. The first-order valence-electron chi connectivity index (χ1n) is 8.84. The second-order valence-corrected chi connectivity index (χ2v) is 6.89. The van der Waals surface area contributed by atoms with E-state index in [1.807, 2.05) is 23.1 Å². The van der Waals surface area contributed by atoms with Crippen LogP contribution in [0.5, 0.6) is 0 Å². The van der Waals surface area contributed by atoms with Crippen LogP contribution in [0.25, 0.3) is 11.0 Å². The lowest BCUT2D eigenvalue weighted by Gasteiger charge is -2.16. The predicted octanol–water partition coefficient (Wildman–Crippen LogP) is 3.32. The minimum atomic E-state index is -0.347. The molecule has 2 atom stereocenters. The van der Waals surface area contributed by atoms with E-state index in [4.69, 9.17) is 10.2 Å². The molecular weight excluding hydrogens is 331 g/mol. The van der Waals surface area contributed by atoms with Crippen molar-refractivity contribution in [2.45, 2.75) is 12.3 Å². The summed E-state index contributed by atoms with van der Waals surface area (Å²) in [5, 5.41) is 0.786. The van der Waals surface area contributed by atoms with Crippen molar-refractivity contribution in [2.75, 3.05) is 19.6 Å². The number of nitrogens with zero attached hydrogens (tertiary/aromatic N) is 1. The van der Waals surface area contributed by atoms with Gasteiger partial charge in [-0.2, -0.15) is 0 Å². The number of halogens is 1. The maximum Gasteiger partial charge on any atom is 0.227 e. The van der Waals surface area contributed by atoms with Crippen LogP contribution in [0.4, 0.5) is 4.39 Å². The van der Waals surface area contributed by atoms with E-state index in [-0.39, 0.29) is 30.0 Å². The fourth-order valence-corrected chi connectivity index (χ4v) is 3.86. The zero-order chi connectivity index (χ0) is 18.1. The van der Waals surface area contributed by atoms with Crippen LogP contribution >= 0.6 is 0 Å². The molecule has 2 aromatic carbocycles. The number of fused-ring (bicyclic) bond motifs is 1. The van der Waals surface area contributed by atoms with Gasteiger partial charge in [0.25, 0.3) is 0 Å². The lowest BCUT2D eigenvalue weighted by atomic mass is 9.89. The molecule has 3 aromatic rings. The smallest absolute Gasteiger partial charge is 0.227 e. The molecule has 1 aromatic heterocycles. The summed E-state index contributed by atoms with van der Waals surface area (Å²) in [6.07, 6.45) is 1.80. The summed E-state index contributed by atoms with van der Waals surface area (Å²) in [5.41, 5.74) is 8.44. The van der Waals surface area contributed by atoms with Crippen LogP contribution in [0.3, 0.4) is 0 Å². The van der Waals surface area contributed by atoms with Crippen molar-refractivity contribution >= 4 is 16.9 Å². The highest BCUT2D eigenvalue weighted by molar-refractivity contribution is 5.87. The molecule has 2 N–H and O–H groups in total. The number of likely N-dealkylation sites (tertiary alicyclic amines) is 1. The van der Waals surface area contributed by atoms with Crippen molar-refractivity contribution in [3.8, 4) is 0 Å². The van der Waals surface area contributed by atoms with Crippen LogP contribution in [0.15, 0.2) is 59.2 Å². The molecule has 134 valence electrons. The van der Waals surface area contributed by atoms with Crippen LogP contribution < -0.4 is 5.73 Å². The number of amides is 1. The molecule has 4 nitrogen and oxygen atoms in total. The number of hydrogen-bond donors (Lipinski definition) is 1. The summed E-state index contributed by atoms with van der Waals surface area (Å²) in [5.74, 6) is 0.228. The van der Waals surface area contributed by atoms with E-state index in [9.17, 15) is 9.18 Å². The minimum absolute atomic E-state index is 0.0499. The lowest BCUT2D eigenvalue weighted by molar-refractivity contribution is -0.129. The van der Waals surface area contributed by atoms with Crippen molar-refractivity contribution in [2.24, 2.45) is 11.7 Å². The van der Waals surface area contributed by atoms with Crippen molar-refractivity contribution in [3.63, 3.8) is 0 Å². The third-order valence-electron chi connectivity index (χ3n) is 5.28. The van der Waals surface area contributed by atoms with Crippen LogP contribution in [0.2, 0.25) is 0 Å². The molecule has 26 heavy (non-hydrogen) atoms. The molecule has 1 amide bonds. The van der Waals surface area contributed by atoms with E-state index in [1.54, 1.807) is 12.3 Å². The van der Waals surface area contributed by atoms with E-state index < -0.39 is 0 Å². The third kappa shape index (κ3) is 3.10. The largest absolute Gasteiger partial charge is 0.464 e. The van der Waals surface area contributed by atoms with Crippen LogP contribution in [-0.4, -0.2) is 30.4 Å². The van der Waals surface area contributed by atoms with Gasteiger partial charge >= 0.3 is 0 Å². The van der Waals surface area contributed by atoms with E-state index in [0.29, 0.717) is 25.2 Å². The summed E-state index contributed by atoms with van der Waals surface area (Å²) in [6.45, 7) is 1.89. The SMILES string of the molecule is NC[C@@H]1CN(C(=O)Cc2coc3cc(F)ccc23)C[C@H]1c1ccccc1. The van der Waals surface area contributed by atoms with Gasteiger partial charge in [0.1, 0.15) is 11.4 Å². The molecule has 4 rings (SSSR count). The van der Waals surface area contributed by atoms with Gasteiger partial charge in [0, 0.05) is 36.0 Å². The molecule has 5 heteroatoms. The first-order valence-corrected chi connectivity index (χ1v) is 8.84. The molecule has 1 aliphatic rings. The Balaban J connectivity index is 1.51.